The average Bonchev–Trinajstić information content (AvgIpc) is 2.80. The van der Waals surface area contributed by atoms with Gasteiger partial charge in [-0.05, 0) is 55.6 Å². The van der Waals surface area contributed by atoms with Crippen LogP contribution in [-0.4, -0.2) is 49.9 Å². The zero-order chi connectivity index (χ0) is 24.5. The maximum atomic E-state index is 13.1. The Morgan fingerprint density at radius 2 is 1.50 bits per heavy atom. The standard InChI is InChI=1S/C25H25FN4O4/c1-30(15-23(31)27-19-6-5-7-20(14-19)34-2)16-24(32)29-22-9-4-3-8-21(22)25(33)28-18-12-10-17(26)11-13-18/h3-14H,15-16H2,1-2H3,(H,27,31)(H,28,33)(H,29,32). The van der Waals surface area contributed by atoms with E-state index in [1.165, 1.54) is 31.4 Å². The lowest BCUT2D eigenvalue weighted by Crippen LogP contribution is -2.36. The second-order valence-corrected chi connectivity index (χ2v) is 7.51. The van der Waals surface area contributed by atoms with Crippen LogP contribution in [0.1, 0.15) is 10.4 Å². The van der Waals surface area contributed by atoms with E-state index < -0.39 is 17.6 Å². The number of ether oxygens (including phenoxy) is 1. The number of rotatable bonds is 9. The largest absolute Gasteiger partial charge is 0.497 e. The van der Waals surface area contributed by atoms with Crippen LogP contribution < -0.4 is 20.7 Å². The van der Waals surface area contributed by atoms with Crippen molar-refractivity contribution in [1.29, 1.82) is 0 Å². The summed E-state index contributed by atoms with van der Waals surface area (Å²) in [5, 5.41) is 8.13. The van der Waals surface area contributed by atoms with Crippen molar-refractivity contribution in [3.05, 3.63) is 84.2 Å². The Labute approximate surface area is 196 Å². The van der Waals surface area contributed by atoms with Gasteiger partial charge < -0.3 is 20.7 Å². The van der Waals surface area contributed by atoms with Crippen molar-refractivity contribution < 1.29 is 23.5 Å². The predicted octanol–water partition coefficient (Wildman–Crippen LogP) is 3.60. The number of carbonyl (C=O) groups is 3. The Morgan fingerprint density at radius 3 is 2.21 bits per heavy atom. The van der Waals surface area contributed by atoms with Crippen LogP contribution in [0.3, 0.4) is 0 Å². The summed E-state index contributed by atoms with van der Waals surface area (Å²) in [6, 6.07) is 18.9. The molecule has 0 radical (unpaired) electrons. The van der Waals surface area contributed by atoms with Gasteiger partial charge in [-0.15, -0.1) is 0 Å². The van der Waals surface area contributed by atoms with Gasteiger partial charge in [-0.25, -0.2) is 4.39 Å². The van der Waals surface area contributed by atoms with Crippen molar-refractivity contribution in [2.75, 3.05) is 43.2 Å². The zero-order valence-electron chi connectivity index (χ0n) is 18.8. The molecule has 34 heavy (non-hydrogen) atoms. The third-order valence-corrected chi connectivity index (χ3v) is 4.73. The minimum atomic E-state index is -0.450. The number of halogens is 1. The van der Waals surface area contributed by atoms with E-state index in [2.05, 4.69) is 16.0 Å². The molecule has 0 saturated carbocycles. The molecule has 0 aliphatic rings. The molecule has 0 bridgehead atoms. The number of carbonyl (C=O) groups excluding carboxylic acids is 3. The highest BCUT2D eigenvalue weighted by Gasteiger charge is 2.16. The second kappa shape index (κ2) is 11.6. The SMILES string of the molecule is COc1cccc(NC(=O)CN(C)CC(=O)Nc2ccccc2C(=O)Nc2ccc(F)cc2)c1. The summed E-state index contributed by atoms with van der Waals surface area (Å²) in [5.41, 5.74) is 1.58. The fourth-order valence-electron chi connectivity index (χ4n) is 3.16. The van der Waals surface area contributed by atoms with Gasteiger partial charge in [0, 0.05) is 17.4 Å². The zero-order valence-corrected chi connectivity index (χ0v) is 18.8. The van der Waals surface area contributed by atoms with E-state index in [0.717, 1.165) is 0 Å². The van der Waals surface area contributed by atoms with Crippen LogP contribution in [0.2, 0.25) is 0 Å². The first-order valence-electron chi connectivity index (χ1n) is 10.4. The van der Waals surface area contributed by atoms with E-state index in [-0.39, 0.29) is 24.6 Å². The Kier molecular flexibility index (Phi) is 8.31. The highest BCUT2D eigenvalue weighted by atomic mass is 19.1. The summed E-state index contributed by atoms with van der Waals surface area (Å²) in [6.45, 7) is -0.0865. The van der Waals surface area contributed by atoms with Crippen LogP contribution in [0.5, 0.6) is 5.75 Å². The van der Waals surface area contributed by atoms with Crippen LogP contribution >= 0.6 is 0 Å². The summed E-state index contributed by atoms with van der Waals surface area (Å²) >= 11 is 0. The van der Waals surface area contributed by atoms with Gasteiger partial charge in [0.2, 0.25) is 11.8 Å². The molecular formula is C25H25FN4O4. The minimum absolute atomic E-state index is 0.0165. The third-order valence-electron chi connectivity index (χ3n) is 4.73. The first kappa shape index (κ1) is 24.4. The fourth-order valence-corrected chi connectivity index (χ4v) is 3.16. The molecule has 3 amide bonds. The number of nitrogens with one attached hydrogen (secondary N) is 3. The van der Waals surface area contributed by atoms with Gasteiger partial charge in [0.15, 0.2) is 0 Å². The number of para-hydroxylation sites is 1. The molecule has 0 atom stereocenters. The highest BCUT2D eigenvalue weighted by molar-refractivity contribution is 6.10. The Morgan fingerprint density at radius 1 is 0.824 bits per heavy atom. The summed E-state index contributed by atoms with van der Waals surface area (Å²) in [6.07, 6.45) is 0. The lowest BCUT2D eigenvalue weighted by Gasteiger charge is -2.17. The number of benzene rings is 3. The molecular weight excluding hydrogens is 439 g/mol. The van der Waals surface area contributed by atoms with E-state index in [0.29, 0.717) is 22.8 Å². The molecule has 9 heteroatoms. The Hall–Kier alpha value is -4.24. The summed E-state index contributed by atoms with van der Waals surface area (Å²) in [7, 11) is 3.18. The predicted molar refractivity (Wildman–Crippen MR) is 129 cm³/mol. The van der Waals surface area contributed by atoms with Crippen LogP contribution in [-0.2, 0) is 9.59 Å². The number of anilines is 3. The molecule has 0 saturated heterocycles. The van der Waals surface area contributed by atoms with Gasteiger partial charge >= 0.3 is 0 Å². The number of nitrogens with zero attached hydrogens (tertiary/aromatic N) is 1. The monoisotopic (exact) mass is 464 g/mol. The molecule has 8 nitrogen and oxygen atoms in total. The topological polar surface area (TPSA) is 99.8 Å². The van der Waals surface area contributed by atoms with Crippen LogP contribution in [0.4, 0.5) is 21.5 Å². The second-order valence-electron chi connectivity index (χ2n) is 7.51. The highest BCUT2D eigenvalue weighted by Crippen LogP contribution is 2.18. The Bertz CT molecular complexity index is 1170. The molecule has 0 spiro atoms. The molecule has 176 valence electrons. The molecule has 3 aromatic rings. The molecule has 3 aromatic carbocycles. The van der Waals surface area contributed by atoms with E-state index in [9.17, 15) is 18.8 Å². The van der Waals surface area contributed by atoms with Crippen molar-refractivity contribution >= 4 is 34.8 Å². The van der Waals surface area contributed by atoms with Gasteiger partial charge in [0.1, 0.15) is 11.6 Å². The number of likely N-dealkylation sites (N-methyl/N-ethyl adjacent to an activating group) is 1. The van der Waals surface area contributed by atoms with Crippen molar-refractivity contribution in [2.24, 2.45) is 0 Å². The van der Waals surface area contributed by atoms with Gasteiger partial charge in [-0.2, -0.15) is 0 Å². The molecule has 0 heterocycles. The molecule has 0 aliphatic heterocycles. The molecule has 3 N–H and O–H groups in total. The van der Waals surface area contributed by atoms with E-state index in [4.69, 9.17) is 4.74 Å². The Balaban J connectivity index is 1.55. The molecule has 3 rings (SSSR count). The summed E-state index contributed by atoms with van der Waals surface area (Å²) < 4.78 is 18.2. The van der Waals surface area contributed by atoms with E-state index in [1.807, 2.05) is 0 Å². The number of hydrogen-bond donors (Lipinski definition) is 3. The van der Waals surface area contributed by atoms with Crippen LogP contribution in [0, 0.1) is 5.82 Å². The van der Waals surface area contributed by atoms with Gasteiger partial charge in [-0.3, -0.25) is 19.3 Å². The first-order chi connectivity index (χ1) is 16.3. The summed E-state index contributed by atoms with van der Waals surface area (Å²) in [4.78, 5) is 39.0. The quantitative estimate of drug-likeness (QED) is 0.449. The lowest BCUT2D eigenvalue weighted by molar-refractivity contribution is -0.119. The van der Waals surface area contributed by atoms with Crippen molar-refractivity contribution in [3.8, 4) is 5.75 Å². The fraction of sp³-hybridized carbons (Fsp3) is 0.160. The molecule has 0 unspecified atom stereocenters. The average molecular weight is 464 g/mol. The normalized spacial score (nSPS) is 10.5. The van der Waals surface area contributed by atoms with Crippen molar-refractivity contribution in [1.82, 2.24) is 4.90 Å². The minimum Gasteiger partial charge on any atom is -0.497 e. The van der Waals surface area contributed by atoms with E-state index >= 15 is 0 Å². The van der Waals surface area contributed by atoms with Gasteiger partial charge in [-0.1, -0.05) is 18.2 Å². The lowest BCUT2D eigenvalue weighted by atomic mass is 10.1. The third kappa shape index (κ3) is 7.14. The van der Waals surface area contributed by atoms with Crippen LogP contribution in [0.15, 0.2) is 72.8 Å². The van der Waals surface area contributed by atoms with Crippen molar-refractivity contribution in [3.63, 3.8) is 0 Å². The first-order valence-corrected chi connectivity index (χ1v) is 10.4. The van der Waals surface area contributed by atoms with E-state index in [1.54, 1.807) is 60.5 Å². The number of methoxy groups -OCH3 is 1. The molecule has 0 aromatic heterocycles. The number of hydrogen-bond acceptors (Lipinski definition) is 5. The number of amides is 3. The van der Waals surface area contributed by atoms with Gasteiger partial charge in [0.25, 0.3) is 5.91 Å². The molecule has 0 aliphatic carbocycles. The van der Waals surface area contributed by atoms with Crippen LogP contribution in [0.25, 0.3) is 0 Å². The van der Waals surface area contributed by atoms with Gasteiger partial charge in [0.05, 0.1) is 31.5 Å². The smallest absolute Gasteiger partial charge is 0.257 e. The maximum Gasteiger partial charge on any atom is 0.257 e. The van der Waals surface area contributed by atoms with Crippen molar-refractivity contribution in [2.45, 2.75) is 0 Å². The summed E-state index contributed by atoms with van der Waals surface area (Å²) in [5.74, 6) is -0.922. The molecule has 0 fully saturated rings. The maximum absolute atomic E-state index is 13.1.